The van der Waals surface area contributed by atoms with E-state index in [4.69, 9.17) is 11.6 Å². The van der Waals surface area contributed by atoms with Gasteiger partial charge in [0.2, 0.25) is 0 Å². The zero-order valence-electron chi connectivity index (χ0n) is 10.1. The summed E-state index contributed by atoms with van der Waals surface area (Å²) in [5.41, 5.74) is -0.683. The van der Waals surface area contributed by atoms with E-state index in [2.05, 4.69) is 10.1 Å². The van der Waals surface area contributed by atoms with Crippen LogP contribution in [0.3, 0.4) is 0 Å². The third-order valence-electron chi connectivity index (χ3n) is 2.82. The first-order valence-electron chi connectivity index (χ1n) is 5.52. The summed E-state index contributed by atoms with van der Waals surface area (Å²) in [6.45, 7) is 3.98. The Morgan fingerprint density at radius 2 is 2.17 bits per heavy atom. The van der Waals surface area contributed by atoms with E-state index in [1.54, 1.807) is 11.6 Å². The Kier molecular flexibility index (Phi) is 3.36. The first-order chi connectivity index (χ1) is 8.46. The molecule has 0 aliphatic rings. The van der Waals surface area contributed by atoms with Crippen LogP contribution < -0.4 is 0 Å². The highest BCUT2D eigenvalue weighted by molar-refractivity contribution is 6.31. The van der Waals surface area contributed by atoms with E-state index >= 15 is 0 Å². The van der Waals surface area contributed by atoms with Crippen LogP contribution in [-0.2, 0) is 12.1 Å². The van der Waals surface area contributed by atoms with Crippen molar-refractivity contribution < 1.29 is 9.50 Å². The minimum absolute atomic E-state index is 0.333. The van der Waals surface area contributed by atoms with Gasteiger partial charge in [0.25, 0.3) is 0 Å². The van der Waals surface area contributed by atoms with Crippen LogP contribution in [0.1, 0.15) is 25.1 Å². The Morgan fingerprint density at radius 3 is 2.78 bits per heavy atom. The Hall–Kier alpha value is -1.46. The van der Waals surface area contributed by atoms with Gasteiger partial charge in [-0.15, -0.1) is 0 Å². The van der Waals surface area contributed by atoms with Gasteiger partial charge in [-0.05, 0) is 19.9 Å². The normalized spacial score (nSPS) is 14.5. The van der Waals surface area contributed by atoms with Crippen molar-refractivity contribution in [2.75, 3.05) is 0 Å². The molecular formula is C12H13ClFN3O. The number of pyridine rings is 1. The maximum atomic E-state index is 13.2. The predicted octanol–water partition coefficient (Wildman–Crippen LogP) is 2.35. The molecule has 4 nitrogen and oxygen atoms in total. The molecule has 0 bridgehead atoms. The lowest BCUT2D eigenvalue weighted by atomic mass is 9.93. The van der Waals surface area contributed by atoms with Gasteiger partial charge in [-0.25, -0.2) is 4.39 Å². The lowest BCUT2D eigenvalue weighted by Crippen LogP contribution is -2.27. The predicted molar refractivity (Wildman–Crippen MR) is 65.8 cm³/mol. The molecule has 96 valence electrons. The molecule has 2 heterocycles. The standard InChI is InChI=1S/C12H13ClFN3O/c1-3-17-11(10(13)7-16-17)12(2,18)8-4-9(14)6-15-5-8/h4-7,18H,3H2,1-2H3. The van der Waals surface area contributed by atoms with E-state index in [-0.39, 0.29) is 0 Å². The van der Waals surface area contributed by atoms with Gasteiger partial charge >= 0.3 is 0 Å². The van der Waals surface area contributed by atoms with Crippen LogP contribution in [0, 0.1) is 5.82 Å². The molecule has 0 aliphatic carbocycles. The molecule has 0 saturated carbocycles. The third-order valence-corrected chi connectivity index (χ3v) is 3.10. The molecule has 18 heavy (non-hydrogen) atoms. The van der Waals surface area contributed by atoms with Crippen molar-refractivity contribution in [3.63, 3.8) is 0 Å². The van der Waals surface area contributed by atoms with Gasteiger partial charge in [0, 0.05) is 18.3 Å². The molecule has 1 atom stereocenters. The number of hydrogen-bond donors (Lipinski definition) is 1. The minimum Gasteiger partial charge on any atom is -0.379 e. The summed E-state index contributed by atoms with van der Waals surface area (Å²) in [6.07, 6.45) is 3.95. The zero-order valence-corrected chi connectivity index (χ0v) is 10.8. The van der Waals surface area contributed by atoms with Gasteiger partial charge in [-0.1, -0.05) is 11.6 Å². The summed E-state index contributed by atoms with van der Waals surface area (Å²) in [4.78, 5) is 3.74. The fraction of sp³-hybridized carbons (Fsp3) is 0.333. The smallest absolute Gasteiger partial charge is 0.141 e. The molecular weight excluding hydrogens is 257 g/mol. The van der Waals surface area contributed by atoms with E-state index in [1.807, 2.05) is 6.92 Å². The largest absolute Gasteiger partial charge is 0.379 e. The summed E-state index contributed by atoms with van der Waals surface area (Å²) >= 11 is 6.04. The number of nitrogens with zero attached hydrogens (tertiary/aromatic N) is 3. The lowest BCUT2D eigenvalue weighted by molar-refractivity contribution is 0.0911. The number of aliphatic hydroxyl groups is 1. The molecule has 6 heteroatoms. The molecule has 0 radical (unpaired) electrons. The van der Waals surface area contributed by atoms with Crippen LogP contribution in [0.25, 0.3) is 0 Å². The Bertz CT molecular complexity index is 568. The lowest BCUT2D eigenvalue weighted by Gasteiger charge is -2.25. The van der Waals surface area contributed by atoms with Crippen LogP contribution in [0.2, 0.25) is 5.02 Å². The first kappa shape index (κ1) is 13.0. The molecule has 0 aliphatic heterocycles. The van der Waals surface area contributed by atoms with Crippen LogP contribution in [0.15, 0.2) is 24.7 Å². The highest BCUT2D eigenvalue weighted by atomic mass is 35.5. The molecule has 1 N–H and O–H groups in total. The second-order valence-corrected chi connectivity index (χ2v) is 4.53. The summed E-state index contributed by atoms with van der Waals surface area (Å²) in [6, 6.07) is 1.23. The number of hydrogen-bond acceptors (Lipinski definition) is 3. The van der Waals surface area contributed by atoms with Crippen molar-refractivity contribution in [1.82, 2.24) is 14.8 Å². The van der Waals surface area contributed by atoms with Crippen molar-refractivity contribution in [2.24, 2.45) is 0 Å². The molecule has 2 aromatic rings. The van der Waals surface area contributed by atoms with Gasteiger partial charge in [0.15, 0.2) is 0 Å². The molecule has 0 saturated heterocycles. The SMILES string of the molecule is CCn1ncc(Cl)c1C(C)(O)c1cncc(F)c1. The van der Waals surface area contributed by atoms with Crippen molar-refractivity contribution in [3.05, 3.63) is 46.8 Å². The summed E-state index contributed by atoms with van der Waals surface area (Å²) < 4.78 is 14.8. The monoisotopic (exact) mass is 269 g/mol. The van der Waals surface area contributed by atoms with Gasteiger partial charge in [-0.2, -0.15) is 5.10 Å². The quantitative estimate of drug-likeness (QED) is 0.931. The second-order valence-electron chi connectivity index (χ2n) is 4.12. The van der Waals surface area contributed by atoms with Crippen LogP contribution in [-0.4, -0.2) is 19.9 Å². The van der Waals surface area contributed by atoms with Crippen LogP contribution in [0.4, 0.5) is 4.39 Å². The summed E-state index contributed by atoms with van der Waals surface area (Å²) in [5.74, 6) is -0.508. The van der Waals surface area contributed by atoms with Crippen molar-refractivity contribution >= 4 is 11.6 Å². The fourth-order valence-electron chi connectivity index (χ4n) is 1.90. The van der Waals surface area contributed by atoms with E-state index in [0.29, 0.717) is 22.8 Å². The topological polar surface area (TPSA) is 50.9 Å². The van der Waals surface area contributed by atoms with Crippen LogP contribution in [0.5, 0.6) is 0 Å². The fourth-order valence-corrected chi connectivity index (χ4v) is 2.23. The number of aromatic nitrogens is 3. The van der Waals surface area contributed by atoms with Gasteiger partial charge in [0.05, 0.1) is 23.1 Å². The molecule has 2 rings (SSSR count). The van der Waals surface area contributed by atoms with Crippen molar-refractivity contribution in [2.45, 2.75) is 26.0 Å². The highest BCUT2D eigenvalue weighted by Crippen LogP contribution is 2.33. The Balaban J connectivity index is 2.57. The highest BCUT2D eigenvalue weighted by Gasteiger charge is 2.32. The maximum Gasteiger partial charge on any atom is 0.141 e. The summed E-state index contributed by atoms with van der Waals surface area (Å²) in [7, 11) is 0. The Morgan fingerprint density at radius 1 is 1.44 bits per heavy atom. The van der Waals surface area contributed by atoms with Crippen LogP contribution >= 0.6 is 11.6 Å². The summed E-state index contributed by atoms with van der Waals surface area (Å²) in [5, 5.41) is 15.0. The molecule has 0 fully saturated rings. The average molecular weight is 270 g/mol. The second kappa shape index (κ2) is 4.66. The average Bonchev–Trinajstić information content (AvgIpc) is 2.71. The molecule has 2 aromatic heterocycles. The van der Waals surface area contributed by atoms with E-state index in [0.717, 1.165) is 6.20 Å². The third kappa shape index (κ3) is 2.11. The molecule has 1 unspecified atom stereocenters. The first-order valence-corrected chi connectivity index (χ1v) is 5.89. The van der Waals surface area contributed by atoms with Crippen molar-refractivity contribution in [1.29, 1.82) is 0 Å². The van der Waals surface area contributed by atoms with E-state index in [9.17, 15) is 9.50 Å². The van der Waals surface area contributed by atoms with Crippen molar-refractivity contribution in [3.8, 4) is 0 Å². The number of rotatable bonds is 3. The minimum atomic E-state index is -1.45. The number of aryl methyl sites for hydroxylation is 1. The van der Waals surface area contributed by atoms with Gasteiger partial charge < -0.3 is 5.11 Å². The molecule has 0 amide bonds. The Labute approximate surface area is 109 Å². The maximum absolute atomic E-state index is 13.2. The number of halogens is 2. The van der Waals surface area contributed by atoms with E-state index < -0.39 is 11.4 Å². The zero-order chi connectivity index (χ0) is 13.3. The van der Waals surface area contributed by atoms with E-state index in [1.165, 1.54) is 18.5 Å². The van der Waals surface area contributed by atoms with Gasteiger partial charge in [-0.3, -0.25) is 9.67 Å². The molecule has 0 spiro atoms. The molecule has 0 aromatic carbocycles. The van der Waals surface area contributed by atoms with Gasteiger partial charge in [0.1, 0.15) is 11.4 Å².